The van der Waals surface area contributed by atoms with Crippen molar-refractivity contribution in [1.29, 1.82) is 0 Å². The van der Waals surface area contributed by atoms with Gasteiger partial charge in [0.25, 0.3) is 0 Å². The van der Waals surface area contributed by atoms with Gasteiger partial charge in [0.2, 0.25) is 5.91 Å². The first-order valence-electron chi connectivity index (χ1n) is 25.0. The molecule has 0 spiro atoms. The second kappa shape index (κ2) is 41.9. The molecule has 1 rings (SSSR count). The molecular weight excluding hydrogens is 767 g/mol. The maximum Gasteiger partial charge on any atom is 0.220 e. The molecule has 0 radical (unpaired) electrons. The monoisotopic (exact) mass is 860 g/mol. The smallest absolute Gasteiger partial charge is 0.220 e. The van der Waals surface area contributed by atoms with Gasteiger partial charge in [-0.25, -0.2) is 0 Å². The molecule has 0 aromatic rings. The van der Waals surface area contributed by atoms with Crippen LogP contribution in [0, 0.1) is 0 Å². The van der Waals surface area contributed by atoms with E-state index in [-0.39, 0.29) is 12.5 Å². The number of aliphatic hydroxyl groups is 5. The molecule has 6 N–H and O–H groups in total. The molecule has 0 aliphatic carbocycles. The summed E-state index contributed by atoms with van der Waals surface area (Å²) in [6.45, 7) is 3.66. The number of unbranched alkanes of at least 4 members (excludes halogenated alkanes) is 23. The third kappa shape index (κ3) is 32.2. The van der Waals surface area contributed by atoms with Gasteiger partial charge in [-0.3, -0.25) is 4.79 Å². The lowest BCUT2D eigenvalue weighted by atomic mass is 9.99. The van der Waals surface area contributed by atoms with Crippen molar-refractivity contribution in [2.45, 2.75) is 249 Å². The summed E-state index contributed by atoms with van der Waals surface area (Å²) in [6.07, 6.45) is 48.3. The number of hydrogen-bond acceptors (Lipinski definition) is 8. The lowest BCUT2D eigenvalue weighted by molar-refractivity contribution is -0.302. The number of carbonyl (C=O) groups excluding carboxylic acids is 1. The number of rotatable bonds is 41. The lowest BCUT2D eigenvalue weighted by Gasteiger charge is -2.40. The topological polar surface area (TPSA) is 149 Å². The third-order valence-corrected chi connectivity index (χ3v) is 11.6. The van der Waals surface area contributed by atoms with Crippen molar-refractivity contribution in [3.63, 3.8) is 0 Å². The van der Waals surface area contributed by atoms with Gasteiger partial charge in [-0.2, -0.15) is 0 Å². The summed E-state index contributed by atoms with van der Waals surface area (Å²) < 4.78 is 11.2. The van der Waals surface area contributed by atoms with Gasteiger partial charge in [0.15, 0.2) is 6.29 Å². The Hall–Kier alpha value is -2.11. The maximum absolute atomic E-state index is 13.0. The number of carbonyl (C=O) groups is 1. The average Bonchev–Trinajstić information content (AvgIpc) is 3.26. The number of ether oxygens (including phenoxy) is 2. The highest BCUT2D eigenvalue weighted by molar-refractivity contribution is 5.76. The molecule has 1 aliphatic heterocycles. The summed E-state index contributed by atoms with van der Waals surface area (Å²) in [7, 11) is 0. The predicted octanol–water partition coefficient (Wildman–Crippen LogP) is 11.2. The van der Waals surface area contributed by atoms with Crippen LogP contribution in [0.1, 0.15) is 206 Å². The number of amides is 1. The van der Waals surface area contributed by atoms with Gasteiger partial charge in [-0.1, -0.05) is 203 Å². The molecule has 1 fully saturated rings. The van der Waals surface area contributed by atoms with Crippen LogP contribution in [-0.4, -0.2) is 87.5 Å². The van der Waals surface area contributed by atoms with Crippen LogP contribution in [0.25, 0.3) is 0 Å². The van der Waals surface area contributed by atoms with Crippen LogP contribution in [0.3, 0.4) is 0 Å². The van der Waals surface area contributed by atoms with Gasteiger partial charge >= 0.3 is 0 Å². The van der Waals surface area contributed by atoms with Crippen LogP contribution in [0.4, 0.5) is 0 Å². The van der Waals surface area contributed by atoms with Crippen molar-refractivity contribution in [3.8, 4) is 0 Å². The second-order valence-electron chi connectivity index (χ2n) is 17.2. The molecule has 354 valence electrons. The van der Waals surface area contributed by atoms with E-state index in [2.05, 4.69) is 67.8 Å². The van der Waals surface area contributed by atoms with E-state index >= 15 is 0 Å². The van der Waals surface area contributed by atoms with E-state index < -0.39 is 49.5 Å². The Labute approximate surface area is 373 Å². The molecule has 7 atom stereocenters. The van der Waals surface area contributed by atoms with Gasteiger partial charge in [0.05, 0.1) is 25.4 Å². The van der Waals surface area contributed by atoms with Crippen molar-refractivity contribution in [3.05, 3.63) is 60.8 Å². The molecule has 1 heterocycles. The minimum Gasteiger partial charge on any atom is -0.394 e. The molecule has 0 saturated carbocycles. The second-order valence-corrected chi connectivity index (χ2v) is 17.2. The Morgan fingerprint density at radius 3 is 1.51 bits per heavy atom. The van der Waals surface area contributed by atoms with Crippen LogP contribution < -0.4 is 5.32 Å². The SMILES string of the molecule is CC/C=C\C/C=C\C/C=C\C/C=C\CCCCCCCCCCC(=O)NC(COC1OC(CO)C(O)C(O)C1O)C(O)/C=C/CCCCCCCCCCCCCCCCC. The highest BCUT2D eigenvalue weighted by Gasteiger charge is 2.44. The van der Waals surface area contributed by atoms with Gasteiger partial charge in [-0.05, 0) is 57.8 Å². The molecule has 1 aliphatic rings. The normalized spacial score (nSPS) is 20.9. The van der Waals surface area contributed by atoms with Crippen molar-refractivity contribution in [1.82, 2.24) is 5.32 Å². The summed E-state index contributed by atoms with van der Waals surface area (Å²) in [6, 6.07) is -0.811. The molecule has 1 amide bonds. The summed E-state index contributed by atoms with van der Waals surface area (Å²) in [4.78, 5) is 13.0. The van der Waals surface area contributed by atoms with Crippen molar-refractivity contribution < 1.29 is 39.8 Å². The van der Waals surface area contributed by atoms with E-state index in [4.69, 9.17) is 9.47 Å². The van der Waals surface area contributed by atoms with Gasteiger partial charge in [0.1, 0.15) is 24.4 Å². The van der Waals surface area contributed by atoms with Crippen LogP contribution in [0.2, 0.25) is 0 Å². The number of hydrogen-bond donors (Lipinski definition) is 6. The zero-order chi connectivity index (χ0) is 44.4. The van der Waals surface area contributed by atoms with E-state index in [0.717, 1.165) is 77.0 Å². The number of allylic oxidation sites excluding steroid dienone is 9. The third-order valence-electron chi connectivity index (χ3n) is 11.6. The first kappa shape index (κ1) is 56.9. The first-order chi connectivity index (χ1) is 29.8. The minimum atomic E-state index is -1.57. The Kier molecular flexibility index (Phi) is 39.1. The fourth-order valence-electron chi connectivity index (χ4n) is 7.62. The number of aliphatic hydroxyl groups excluding tert-OH is 5. The maximum atomic E-state index is 13.0. The predicted molar refractivity (Wildman–Crippen MR) is 253 cm³/mol. The van der Waals surface area contributed by atoms with E-state index in [1.165, 1.54) is 109 Å². The van der Waals surface area contributed by atoms with Crippen LogP contribution in [-0.2, 0) is 14.3 Å². The Balaban J connectivity index is 2.32. The van der Waals surface area contributed by atoms with Crippen molar-refractivity contribution in [2.75, 3.05) is 13.2 Å². The van der Waals surface area contributed by atoms with Crippen molar-refractivity contribution in [2.24, 2.45) is 0 Å². The van der Waals surface area contributed by atoms with E-state index in [1.54, 1.807) is 6.08 Å². The zero-order valence-electron chi connectivity index (χ0n) is 38.9. The molecule has 0 aromatic heterocycles. The minimum absolute atomic E-state index is 0.187. The molecule has 1 saturated heterocycles. The summed E-state index contributed by atoms with van der Waals surface area (Å²) in [5, 5.41) is 54.3. The standard InChI is InChI=1S/C52H93NO8/c1-3-5-7-9-11-13-15-17-19-21-22-23-24-26-28-30-32-34-36-38-40-42-48(56)53-45(44-60-52-51(59)50(58)49(57)47(43-54)61-52)46(55)41-39-37-35-33-31-29-27-25-20-18-16-14-12-10-8-6-4-2/h5,7,11,13,17,19,22-23,39,41,45-47,49-52,54-55,57-59H,3-4,6,8-10,12,14-16,18,20-21,24-38,40,42-44H2,1-2H3,(H,53,56)/b7-5-,13-11-,19-17-,23-22-,41-39+. The highest BCUT2D eigenvalue weighted by atomic mass is 16.7. The molecule has 7 unspecified atom stereocenters. The number of nitrogens with one attached hydrogen (secondary N) is 1. The zero-order valence-corrected chi connectivity index (χ0v) is 38.9. The van der Waals surface area contributed by atoms with Crippen LogP contribution in [0.5, 0.6) is 0 Å². The molecule has 0 bridgehead atoms. The van der Waals surface area contributed by atoms with Gasteiger partial charge < -0.3 is 40.3 Å². The fraction of sp³-hybridized carbons (Fsp3) is 0.788. The van der Waals surface area contributed by atoms with Crippen molar-refractivity contribution >= 4 is 5.91 Å². The molecule has 9 heteroatoms. The summed E-state index contributed by atoms with van der Waals surface area (Å²) >= 11 is 0. The van der Waals surface area contributed by atoms with Crippen LogP contribution >= 0.6 is 0 Å². The summed E-state index contributed by atoms with van der Waals surface area (Å²) in [5.41, 5.74) is 0. The largest absolute Gasteiger partial charge is 0.394 e. The summed E-state index contributed by atoms with van der Waals surface area (Å²) in [5.74, 6) is -0.187. The molecule has 61 heavy (non-hydrogen) atoms. The highest BCUT2D eigenvalue weighted by Crippen LogP contribution is 2.23. The Bertz CT molecular complexity index is 1140. The molecule has 0 aromatic carbocycles. The lowest BCUT2D eigenvalue weighted by Crippen LogP contribution is -2.60. The molecular formula is C52H93NO8. The first-order valence-corrected chi connectivity index (χ1v) is 25.0. The average molecular weight is 860 g/mol. The molecule has 9 nitrogen and oxygen atoms in total. The Morgan fingerprint density at radius 1 is 0.574 bits per heavy atom. The van der Waals surface area contributed by atoms with E-state index in [1.807, 2.05) is 6.08 Å². The van der Waals surface area contributed by atoms with Crippen LogP contribution in [0.15, 0.2) is 60.8 Å². The fourth-order valence-corrected chi connectivity index (χ4v) is 7.62. The van der Waals surface area contributed by atoms with E-state index in [9.17, 15) is 30.3 Å². The van der Waals surface area contributed by atoms with E-state index in [0.29, 0.717) is 6.42 Å². The van der Waals surface area contributed by atoms with Gasteiger partial charge in [-0.15, -0.1) is 0 Å². The Morgan fingerprint density at radius 2 is 1.02 bits per heavy atom. The quantitative estimate of drug-likeness (QED) is 0.0263. The van der Waals surface area contributed by atoms with Gasteiger partial charge in [0, 0.05) is 6.42 Å².